The van der Waals surface area contributed by atoms with Gasteiger partial charge >= 0.3 is 0 Å². The van der Waals surface area contributed by atoms with Gasteiger partial charge in [0.25, 0.3) is 0 Å². The molecular formula is C18H21ClN2O4. The van der Waals surface area contributed by atoms with Crippen molar-refractivity contribution in [2.45, 2.75) is 31.3 Å². The van der Waals surface area contributed by atoms with Gasteiger partial charge in [0.1, 0.15) is 23.1 Å². The summed E-state index contributed by atoms with van der Waals surface area (Å²) in [7, 11) is 0. The molecule has 0 aromatic carbocycles. The van der Waals surface area contributed by atoms with E-state index in [0.29, 0.717) is 63.4 Å². The molecule has 1 unspecified atom stereocenters. The van der Waals surface area contributed by atoms with Gasteiger partial charge in [-0.1, -0.05) is 11.6 Å². The first-order chi connectivity index (χ1) is 12.2. The van der Waals surface area contributed by atoms with Crippen LogP contribution in [0.5, 0.6) is 5.75 Å². The van der Waals surface area contributed by atoms with Gasteiger partial charge in [0, 0.05) is 44.3 Å². The molecule has 4 rings (SSSR count). The van der Waals surface area contributed by atoms with Crippen molar-refractivity contribution in [1.82, 2.24) is 4.98 Å². The molecule has 1 aromatic rings. The first-order valence-electron chi connectivity index (χ1n) is 8.70. The van der Waals surface area contributed by atoms with E-state index < -0.39 is 11.0 Å². The summed E-state index contributed by atoms with van der Waals surface area (Å²) in [6.45, 7) is 3.28. The smallest absolute Gasteiger partial charge is 0.136 e. The fraction of sp³-hybridized carbons (Fsp3) is 0.667. The van der Waals surface area contributed by atoms with Gasteiger partial charge in [0.05, 0.1) is 30.4 Å². The SMILES string of the molecule is N#CC1(COc2cc(Cl)nc3c2CCOC32CCOC2)CCOCC1. The Labute approximate surface area is 152 Å². The standard InChI is InChI=1S/C18H21ClN2O4/c19-15-9-14(24-11-17(10-20)2-6-22-7-3-17)13-1-5-25-18(16(13)21-15)4-8-23-12-18/h9H,1-8,11-12H2. The van der Waals surface area contributed by atoms with E-state index in [9.17, 15) is 5.26 Å². The van der Waals surface area contributed by atoms with Crippen LogP contribution in [0.2, 0.25) is 5.15 Å². The first-order valence-corrected chi connectivity index (χ1v) is 9.08. The van der Waals surface area contributed by atoms with Crippen molar-refractivity contribution in [3.8, 4) is 11.8 Å². The maximum absolute atomic E-state index is 9.62. The van der Waals surface area contributed by atoms with Crippen molar-refractivity contribution in [3.05, 3.63) is 22.5 Å². The molecular weight excluding hydrogens is 344 g/mol. The average molecular weight is 365 g/mol. The Balaban J connectivity index is 1.62. The fourth-order valence-electron chi connectivity index (χ4n) is 3.80. The van der Waals surface area contributed by atoms with Crippen LogP contribution in [-0.4, -0.2) is 44.6 Å². The number of ether oxygens (including phenoxy) is 4. The van der Waals surface area contributed by atoms with Crippen molar-refractivity contribution >= 4 is 11.6 Å². The molecule has 0 aliphatic carbocycles. The Morgan fingerprint density at radius 2 is 2.00 bits per heavy atom. The van der Waals surface area contributed by atoms with Gasteiger partial charge in [-0.2, -0.15) is 5.26 Å². The Morgan fingerprint density at radius 3 is 2.72 bits per heavy atom. The summed E-state index contributed by atoms with van der Waals surface area (Å²) >= 11 is 6.26. The van der Waals surface area contributed by atoms with Crippen molar-refractivity contribution in [1.29, 1.82) is 5.26 Å². The highest BCUT2D eigenvalue weighted by Gasteiger charge is 2.44. The maximum atomic E-state index is 9.62. The molecule has 6 nitrogen and oxygen atoms in total. The number of nitriles is 1. The normalized spacial score (nSPS) is 27.7. The van der Waals surface area contributed by atoms with Crippen LogP contribution in [-0.2, 0) is 26.2 Å². The summed E-state index contributed by atoms with van der Waals surface area (Å²) < 4.78 is 23.1. The van der Waals surface area contributed by atoms with E-state index in [1.807, 2.05) is 0 Å². The molecule has 1 aromatic heterocycles. The minimum atomic E-state index is -0.512. The number of fused-ring (bicyclic) bond motifs is 2. The van der Waals surface area contributed by atoms with Crippen LogP contribution in [0.15, 0.2) is 6.07 Å². The van der Waals surface area contributed by atoms with Crippen molar-refractivity contribution in [2.75, 3.05) is 39.6 Å². The summed E-state index contributed by atoms with van der Waals surface area (Å²) in [5.41, 5.74) is 0.848. The summed E-state index contributed by atoms with van der Waals surface area (Å²) in [6, 6.07) is 4.18. The summed E-state index contributed by atoms with van der Waals surface area (Å²) in [4.78, 5) is 4.54. The van der Waals surface area contributed by atoms with Gasteiger partial charge in [-0.15, -0.1) is 0 Å². The fourth-order valence-corrected chi connectivity index (χ4v) is 3.98. The number of hydrogen-bond donors (Lipinski definition) is 0. The lowest BCUT2D eigenvalue weighted by Crippen LogP contribution is -2.38. The number of pyridine rings is 1. The summed E-state index contributed by atoms with van der Waals surface area (Å²) in [5.74, 6) is 0.714. The molecule has 2 saturated heterocycles. The molecule has 134 valence electrons. The van der Waals surface area contributed by atoms with Crippen molar-refractivity contribution in [3.63, 3.8) is 0 Å². The number of rotatable bonds is 3. The average Bonchev–Trinajstić information content (AvgIpc) is 3.11. The van der Waals surface area contributed by atoms with E-state index in [2.05, 4.69) is 11.1 Å². The molecule has 0 radical (unpaired) electrons. The first kappa shape index (κ1) is 17.0. The highest BCUT2D eigenvalue weighted by molar-refractivity contribution is 6.29. The molecule has 1 atom stereocenters. The molecule has 3 aliphatic rings. The Hall–Kier alpha value is -1.39. The van der Waals surface area contributed by atoms with Gasteiger partial charge < -0.3 is 18.9 Å². The van der Waals surface area contributed by atoms with Gasteiger partial charge in [0.2, 0.25) is 0 Å². The number of halogens is 1. The molecule has 0 amide bonds. The third-order valence-corrected chi connectivity index (χ3v) is 5.58. The highest BCUT2D eigenvalue weighted by atomic mass is 35.5. The predicted molar refractivity (Wildman–Crippen MR) is 89.6 cm³/mol. The van der Waals surface area contributed by atoms with E-state index in [-0.39, 0.29) is 0 Å². The van der Waals surface area contributed by atoms with Crippen LogP contribution in [0, 0.1) is 16.7 Å². The number of aromatic nitrogens is 1. The molecule has 1 spiro atoms. The lowest BCUT2D eigenvalue weighted by molar-refractivity contribution is -0.0671. The number of nitrogens with zero attached hydrogens (tertiary/aromatic N) is 2. The predicted octanol–water partition coefficient (Wildman–Crippen LogP) is 2.62. The Kier molecular flexibility index (Phi) is 4.59. The Morgan fingerprint density at radius 1 is 1.20 bits per heavy atom. The van der Waals surface area contributed by atoms with E-state index in [4.69, 9.17) is 30.5 Å². The van der Waals surface area contributed by atoms with Gasteiger partial charge in [-0.25, -0.2) is 4.98 Å². The quantitative estimate of drug-likeness (QED) is 0.767. The van der Waals surface area contributed by atoms with Gasteiger partial charge in [0.15, 0.2) is 0 Å². The molecule has 0 N–H and O–H groups in total. The van der Waals surface area contributed by atoms with E-state index >= 15 is 0 Å². The molecule has 0 saturated carbocycles. The van der Waals surface area contributed by atoms with E-state index in [1.54, 1.807) is 6.07 Å². The minimum Gasteiger partial charge on any atom is -0.491 e. The number of hydrogen-bond acceptors (Lipinski definition) is 6. The largest absolute Gasteiger partial charge is 0.491 e. The van der Waals surface area contributed by atoms with Crippen molar-refractivity contribution in [2.24, 2.45) is 5.41 Å². The zero-order chi connectivity index (χ0) is 17.3. The third-order valence-electron chi connectivity index (χ3n) is 5.39. The second kappa shape index (κ2) is 6.73. The van der Waals surface area contributed by atoms with Crippen molar-refractivity contribution < 1.29 is 18.9 Å². The van der Waals surface area contributed by atoms with Crippen LogP contribution in [0.25, 0.3) is 0 Å². The molecule has 0 bridgehead atoms. The second-order valence-electron chi connectivity index (χ2n) is 6.96. The summed E-state index contributed by atoms with van der Waals surface area (Å²) in [5, 5.41) is 10.00. The molecule has 7 heteroatoms. The molecule has 4 heterocycles. The van der Waals surface area contributed by atoms with E-state index in [0.717, 1.165) is 24.1 Å². The third kappa shape index (κ3) is 3.11. The van der Waals surface area contributed by atoms with Crippen LogP contribution in [0.3, 0.4) is 0 Å². The zero-order valence-electron chi connectivity index (χ0n) is 14.1. The van der Waals surface area contributed by atoms with Gasteiger partial charge in [-0.05, 0) is 12.8 Å². The van der Waals surface area contributed by atoms with Crippen LogP contribution >= 0.6 is 11.6 Å². The maximum Gasteiger partial charge on any atom is 0.136 e. The summed E-state index contributed by atoms with van der Waals surface area (Å²) in [6.07, 6.45) is 2.86. The lowest BCUT2D eigenvalue weighted by atomic mass is 9.82. The second-order valence-corrected chi connectivity index (χ2v) is 7.35. The molecule has 25 heavy (non-hydrogen) atoms. The lowest BCUT2D eigenvalue weighted by Gasteiger charge is -2.35. The molecule has 3 aliphatic heterocycles. The van der Waals surface area contributed by atoms with Crippen LogP contribution < -0.4 is 4.74 Å². The zero-order valence-corrected chi connectivity index (χ0v) is 14.8. The highest BCUT2D eigenvalue weighted by Crippen LogP contribution is 2.43. The topological polar surface area (TPSA) is 73.6 Å². The Bertz CT molecular complexity index is 691. The van der Waals surface area contributed by atoms with Crippen LogP contribution in [0.4, 0.5) is 0 Å². The van der Waals surface area contributed by atoms with Crippen LogP contribution in [0.1, 0.15) is 30.5 Å². The molecule has 2 fully saturated rings. The minimum absolute atomic E-state index is 0.337. The van der Waals surface area contributed by atoms with Gasteiger partial charge in [-0.3, -0.25) is 0 Å². The van der Waals surface area contributed by atoms with E-state index in [1.165, 1.54) is 0 Å². The monoisotopic (exact) mass is 364 g/mol.